The third kappa shape index (κ3) is 2.97. The van der Waals surface area contributed by atoms with Gasteiger partial charge in [-0.1, -0.05) is 11.8 Å². The average Bonchev–Trinajstić information content (AvgIpc) is 2.64. The van der Waals surface area contributed by atoms with Crippen molar-refractivity contribution in [1.29, 1.82) is 0 Å². The monoisotopic (exact) mass is 249 g/mol. The highest BCUT2D eigenvalue weighted by Gasteiger charge is 2.06. The average molecular weight is 249 g/mol. The molecule has 0 atom stereocenters. The van der Waals surface area contributed by atoms with Gasteiger partial charge in [0, 0.05) is 16.6 Å². The van der Waals surface area contributed by atoms with E-state index in [4.69, 9.17) is 14.9 Å². The zero-order chi connectivity index (χ0) is 12.3. The van der Waals surface area contributed by atoms with E-state index >= 15 is 0 Å². The van der Waals surface area contributed by atoms with Crippen LogP contribution in [0.4, 0.5) is 5.69 Å². The lowest BCUT2D eigenvalue weighted by Crippen LogP contribution is -1.93. The molecular formula is C13H15NO2S. The minimum Gasteiger partial charge on any atom is -0.494 e. The molecule has 2 rings (SSSR count). The molecule has 1 aromatic heterocycles. The van der Waals surface area contributed by atoms with Gasteiger partial charge in [-0.15, -0.1) is 0 Å². The molecule has 0 unspecified atom stereocenters. The van der Waals surface area contributed by atoms with Crippen LogP contribution < -0.4 is 10.5 Å². The van der Waals surface area contributed by atoms with Crippen LogP contribution in [0.5, 0.6) is 5.75 Å². The molecule has 0 spiro atoms. The molecular weight excluding hydrogens is 234 g/mol. The van der Waals surface area contributed by atoms with Gasteiger partial charge >= 0.3 is 0 Å². The molecule has 2 aromatic rings. The predicted molar refractivity (Wildman–Crippen MR) is 69.6 cm³/mol. The van der Waals surface area contributed by atoms with Crippen LogP contribution in [0.3, 0.4) is 0 Å². The van der Waals surface area contributed by atoms with E-state index < -0.39 is 0 Å². The smallest absolute Gasteiger partial charge is 0.122 e. The molecule has 0 saturated carbocycles. The normalized spacial score (nSPS) is 10.5. The number of anilines is 1. The zero-order valence-corrected chi connectivity index (χ0v) is 10.7. The van der Waals surface area contributed by atoms with E-state index in [0.717, 1.165) is 21.3 Å². The predicted octanol–water partition coefficient (Wildman–Crippen LogP) is 3.72. The summed E-state index contributed by atoms with van der Waals surface area (Å²) in [7, 11) is 0. The molecule has 0 saturated heterocycles. The first-order valence-electron chi connectivity index (χ1n) is 5.44. The Morgan fingerprint density at radius 1 is 1.35 bits per heavy atom. The van der Waals surface area contributed by atoms with E-state index in [2.05, 4.69) is 0 Å². The summed E-state index contributed by atoms with van der Waals surface area (Å²) in [6.07, 6.45) is 1.69. The summed E-state index contributed by atoms with van der Waals surface area (Å²) < 4.78 is 10.7. The van der Waals surface area contributed by atoms with Gasteiger partial charge in [0.15, 0.2) is 0 Å². The minimum absolute atomic E-state index is 0.637. The SMILES string of the molecule is CCOc1cc(N)cc(Sc2ccoc2C)c1. The van der Waals surface area contributed by atoms with Crippen LogP contribution in [-0.4, -0.2) is 6.61 Å². The molecule has 0 aliphatic heterocycles. The van der Waals surface area contributed by atoms with Crippen molar-refractivity contribution in [2.75, 3.05) is 12.3 Å². The van der Waals surface area contributed by atoms with Gasteiger partial charge in [-0.3, -0.25) is 0 Å². The highest BCUT2D eigenvalue weighted by Crippen LogP contribution is 2.34. The number of ether oxygens (including phenoxy) is 1. The number of benzene rings is 1. The first-order chi connectivity index (χ1) is 8.19. The van der Waals surface area contributed by atoms with Crippen LogP contribution >= 0.6 is 11.8 Å². The molecule has 1 heterocycles. The van der Waals surface area contributed by atoms with E-state index in [1.54, 1.807) is 18.0 Å². The van der Waals surface area contributed by atoms with Crippen molar-refractivity contribution in [3.8, 4) is 5.75 Å². The third-order valence-corrected chi connectivity index (χ3v) is 3.37. The first-order valence-corrected chi connectivity index (χ1v) is 6.26. The molecule has 3 nitrogen and oxygen atoms in total. The Morgan fingerprint density at radius 2 is 2.18 bits per heavy atom. The van der Waals surface area contributed by atoms with Crippen LogP contribution in [-0.2, 0) is 0 Å². The second-order valence-corrected chi connectivity index (χ2v) is 4.73. The van der Waals surface area contributed by atoms with Crippen LogP contribution in [0.2, 0.25) is 0 Å². The Morgan fingerprint density at radius 3 is 2.82 bits per heavy atom. The summed E-state index contributed by atoms with van der Waals surface area (Å²) >= 11 is 1.62. The van der Waals surface area contributed by atoms with Gasteiger partial charge in [-0.2, -0.15) is 0 Å². The van der Waals surface area contributed by atoms with Gasteiger partial charge < -0.3 is 14.9 Å². The van der Waals surface area contributed by atoms with Gasteiger partial charge in [-0.05, 0) is 32.0 Å². The lowest BCUT2D eigenvalue weighted by atomic mass is 10.3. The summed E-state index contributed by atoms with van der Waals surface area (Å²) in [5, 5.41) is 0. The summed E-state index contributed by atoms with van der Waals surface area (Å²) in [6.45, 7) is 4.53. The summed E-state index contributed by atoms with van der Waals surface area (Å²) in [5.41, 5.74) is 6.55. The quantitative estimate of drug-likeness (QED) is 0.839. The van der Waals surface area contributed by atoms with Crippen LogP contribution in [0, 0.1) is 6.92 Å². The first kappa shape index (κ1) is 11.9. The number of nitrogen functional groups attached to an aromatic ring is 1. The highest BCUT2D eigenvalue weighted by molar-refractivity contribution is 7.99. The van der Waals surface area contributed by atoms with Crippen molar-refractivity contribution in [3.63, 3.8) is 0 Å². The second-order valence-electron chi connectivity index (χ2n) is 3.61. The minimum atomic E-state index is 0.637. The molecule has 17 heavy (non-hydrogen) atoms. The zero-order valence-electron chi connectivity index (χ0n) is 9.90. The van der Waals surface area contributed by atoms with Crippen molar-refractivity contribution in [1.82, 2.24) is 0 Å². The maximum Gasteiger partial charge on any atom is 0.122 e. The molecule has 0 aliphatic carbocycles. The fourth-order valence-corrected chi connectivity index (χ4v) is 2.45. The lowest BCUT2D eigenvalue weighted by Gasteiger charge is -2.07. The van der Waals surface area contributed by atoms with Gasteiger partial charge in [-0.25, -0.2) is 0 Å². The topological polar surface area (TPSA) is 48.4 Å². The van der Waals surface area contributed by atoms with Gasteiger partial charge in [0.2, 0.25) is 0 Å². The maximum absolute atomic E-state index is 5.84. The van der Waals surface area contributed by atoms with E-state index in [1.807, 2.05) is 38.1 Å². The van der Waals surface area contributed by atoms with Crippen molar-refractivity contribution in [2.24, 2.45) is 0 Å². The Kier molecular flexibility index (Phi) is 3.64. The summed E-state index contributed by atoms with van der Waals surface area (Å²) in [6, 6.07) is 7.69. The van der Waals surface area contributed by atoms with E-state index in [9.17, 15) is 0 Å². The standard InChI is InChI=1S/C13H15NO2S/c1-3-15-11-6-10(14)7-12(8-11)17-13-4-5-16-9(13)2/h4-8H,3,14H2,1-2H3. The maximum atomic E-state index is 5.84. The number of furan rings is 1. The molecule has 1 aromatic carbocycles. The molecule has 0 fully saturated rings. The number of rotatable bonds is 4. The Balaban J connectivity index is 2.23. The second kappa shape index (κ2) is 5.19. The fourth-order valence-electron chi connectivity index (χ4n) is 1.51. The lowest BCUT2D eigenvalue weighted by molar-refractivity contribution is 0.339. The summed E-state index contributed by atoms with van der Waals surface area (Å²) in [5.74, 6) is 1.71. The Hall–Kier alpha value is -1.55. The number of hydrogen-bond acceptors (Lipinski definition) is 4. The third-order valence-electron chi connectivity index (χ3n) is 2.25. The number of hydrogen-bond donors (Lipinski definition) is 1. The largest absolute Gasteiger partial charge is 0.494 e. The Labute approximate surface area is 105 Å². The number of aryl methyl sites for hydroxylation is 1. The highest BCUT2D eigenvalue weighted by atomic mass is 32.2. The van der Waals surface area contributed by atoms with Crippen LogP contribution in [0.1, 0.15) is 12.7 Å². The number of nitrogens with two attached hydrogens (primary N) is 1. The molecule has 4 heteroatoms. The molecule has 0 aliphatic rings. The van der Waals surface area contributed by atoms with Crippen molar-refractivity contribution < 1.29 is 9.15 Å². The molecule has 0 bridgehead atoms. The fraction of sp³-hybridized carbons (Fsp3) is 0.231. The molecule has 2 N–H and O–H groups in total. The van der Waals surface area contributed by atoms with E-state index in [1.165, 1.54) is 0 Å². The van der Waals surface area contributed by atoms with Gasteiger partial charge in [0.25, 0.3) is 0 Å². The van der Waals surface area contributed by atoms with E-state index in [0.29, 0.717) is 12.3 Å². The van der Waals surface area contributed by atoms with Crippen LogP contribution in [0.25, 0.3) is 0 Å². The van der Waals surface area contributed by atoms with E-state index in [-0.39, 0.29) is 0 Å². The van der Waals surface area contributed by atoms with Crippen molar-refractivity contribution in [3.05, 3.63) is 36.3 Å². The van der Waals surface area contributed by atoms with Crippen LogP contribution in [0.15, 0.2) is 44.7 Å². The molecule has 90 valence electrons. The summed E-state index contributed by atoms with van der Waals surface area (Å²) in [4.78, 5) is 2.15. The molecule has 0 radical (unpaired) electrons. The van der Waals surface area contributed by atoms with Crippen molar-refractivity contribution >= 4 is 17.4 Å². The van der Waals surface area contributed by atoms with Gasteiger partial charge in [0.05, 0.1) is 17.8 Å². The van der Waals surface area contributed by atoms with Gasteiger partial charge in [0.1, 0.15) is 11.5 Å². The Bertz CT molecular complexity index is 508. The molecule has 0 amide bonds. The van der Waals surface area contributed by atoms with Crippen molar-refractivity contribution in [2.45, 2.75) is 23.6 Å².